The lowest BCUT2D eigenvalue weighted by Gasteiger charge is -2.38. The van der Waals surface area contributed by atoms with Crippen LogP contribution in [0.25, 0.3) is 0 Å². The van der Waals surface area contributed by atoms with E-state index in [1.807, 2.05) is 13.0 Å². The molecule has 1 fully saturated rings. The Labute approximate surface area is 140 Å². The van der Waals surface area contributed by atoms with Gasteiger partial charge in [0.25, 0.3) is 5.91 Å². The summed E-state index contributed by atoms with van der Waals surface area (Å²) >= 11 is 0. The van der Waals surface area contributed by atoms with Gasteiger partial charge in [0.05, 0.1) is 31.0 Å². The highest BCUT2D eigenvalue weighted by molar-refractivity contribution is 5.95. The Morgan fingerprint density at radius 2 is 2.21 bits per heavy atom. The summed E-state index contributed by atoms with van der Waals surface area (Å²) in [7, 11) is 1.58. The fourth-order valence-electron chi connectivity index (χ4n) is 3.04. The van der Waals surface area contributed by atoms with Crippen molar-refractivity contribution in [3.8, 4) is 5.75 Å². The zero-order valence-electron chi connectivity index (χ0n) is 13.8. The first-order chi connectivity index (χ1) is 11.6. The lowest BCUT2D eigenvalue weighted by Crippen LogP contribution is -2.41. The lowest BCUT2D eigenvalue weighted by atomic mass is 9.75. The van der Waals surface area contributed by atoms with Crippen molar-refractivity contribution in [2.75, 3.05) is 7.11 Å². The number of nitrogens with one attached hydrogen (secondary N) is 1. The minimum atomic E-state index is -0.298. The number of aromatic nitrogens is 2. The van der Waals surface area contributed by atoms with Gasteiger partial charge in [0.15, 0.2) is 0 Å². The highest BCUT2D eigenvalue weighted by Gasteiger charge is 2.36. The minimum Gasteiger partial charge on any atom is -0.495 e. The Balaban J connectivity index is 1.85. The van der Waals surface area contributed by atoms with E-state index in [4.69, 9.17) is 4.74 Å². The van der Waals surface area contributed by atoms with Crippen molar-refractivity contribution in [3.63, 3.8) is 0 Å². The third-order valence-electron chi connectivity index (χ3n) is 4.49. The fourth-order valence-corrected chi connectivity index (χ4v) is 3.04. The van der Waals surface area contributed by atoms with Gasteiger partial charge in [-0.3, -0.25) is 14.8 Å². The van der Waals surface area contributed by atoms with Crippen LogP contribution in [0.3, 0.4) is 0 Å². The number of methoxy groups -OCH3 is 1. The summed E-state index contributed by atoms with van der Waals surface area (Å²) in [5.74, 6) is 0.647. The number of amides is 1. The Bertz CT molecular complexity index is 729. The van der Waals surface area contributed by atoms with Crippen molar-refractivity contribution in [2.24, 2.45) is 5.92 Å². The zero-order chi connectivity index (χ0) is 17.1. The van der Waals surface area contributed by atoms with Crippen molar-refractivity contribution >= 4 is 5.91 Å². The van der Waals surface area contributed by atoms with Gasteiger partial charge < -0.3 is 15.2 Å². The molecule has 2 aromatic rings. The second-order valence-corrected chi connectivity index (χ2v) is 6.13. The van der Waals surface area contributed by atoms with Gasteiger partial charge in [-0.05, 0) is 49.4 Å². The number of hydrogen-bond acceptors (Lipinski definition) is 5. The number of aliphatic hydroxyl groups is 1. The largest absolute Gasteiger partial charge is 0.495 e. The second kappa shape index (κ2) is 6.97. The molecule has 1 aliphatic carbocycles. The van der Waals surface area contributed by atoms with E-state index in [2.05, 4.69) is 15.3 Å². The molecule has 6 heteroatoms. The zero-order valence-corrected chi connectivity index (χ0v) is 13.8. The molecule has 0 aromatic carbocycles. The monoisotopic (exact) mass is 327 g/mol. The minimum absolute atomic E-state index is 0.171. The first-order valence-electron chi connectivity index (χ1n) is 7.98. The van der Waals surface area contributed by atoms with Crippen LogP contribution in [0.15, 0.2) is 36.8 Å². The number of rotatable bonds is 5. The van der Waals surface area contributed by atoms with Gasteiger partial charge in [-0.15, -0.1) is 0 Å². The van der Waals surface area contributed by atoms with Crippen LogP contribution in [0.1, 0.15) is 40.5 Å². The number of carbonyl (C=O) groups is 1. The van der Waals surface area contributed by atoms with Gasteiger partial charge in [-0.1, -0.05) is 0 Å². The van der Waals surface area contributed by atoms with E-state index in [1.165, 1.54) is 0 Å². The van der Waals surface area contributed by atoms with Crippen LogP contribution < -0.4 is 10.1 Å². The lowest BCUT2D eigenvalue weighted by molar-refractivity contribution is 0.0234. The summed E-state index contributed by atoms with van der Waals surface area (Å²) in [5.41, 5.74) is 2.12. The van der Waals surface area contributed by atoms with Crippen molar-refractivity contribution < 1.29 is 14.6 Å². The Hall–Kier alpha value is -2.47. The maximum atomic E-state index is 12.7. The van der Waals surface area contributed by atoms with E-state index in [0.717, 1.165) is 5.56 Å². The molecule has 0 radical (unpaired) electrons. The van der Waals surface area contributed by atoms with Crippen molar-refractivity contribution in [1.82, 2.24) is 15.3 Å². The summed E-state index contributed by atoms with van der Waals surface area (Å²) < 4.78 is 5.23. The molecule has 1 saturated carbocycles. The molecule has 0 bridgehead atoms. The second-order valence-electron chi connectivity index (χ2n) is 6.13. The molecule has 2 aromatic heterocycles. The van der Waals surface area contributed by atoms with E-state index in [0.29, 0.717) is 29.8 Å². The average Bonchev–Trinajstić information content (AvgIpc) is 2.57. The third-order valence-corrected chi connectivity index (χ3v) is 4.49. The molecule has 6 nitrogen and oxygen atoms in total. The Kier molecular flexibility index (Phi) is 4.76. The standard InChI is InChI=1S/C18H21N3O3/c1-11-16(4-3-5-20-11)18(23)21-17(12-6-14(22)7-12)13-8-15(24-2)10-19-9-13/h3-5,8-10,12,14,17,22H,6-7H2,1-2H3,(H,21,23)/t12?,14?,17-/m0/s1. The first kappa shape index (κ1) is 16.4. The maximum absolute atomic E-state index is 12.7. The maximum Gasteiger partial charge on any atom is 0.253 e. The molecule has 1 amide bonds. The molecular weight excluding hydrogens is 306 g/mol. The summed E-state index contributed by atoms with van der Waals surface area (Å²) in [4.78, 5) is 21.0. The first-order valence-corrected chi connectivity index (χ1v) is 7.98. The van der Waals surface area contributed by atoms with Gasteiger partial charge in [-0.25, -0.2) is 0 Å². The molecule has 1 atom stereocenters. The summed E-state index contributed by atoms with van der Waals surface area (Å²) in [6.45, 7) is 1.81. The Morgan fingerprint density at radius 1 is 1.42 bits per heavy atom. The van der Waals surface area contributed by atoms with Crippen LogP contribution in [0.2, 0.25) is 0 Å². The molecular formula is C18H21N3O3. The predicted molar refractivity (Wildman–Crippen MR) is 88.7 cm³/mol. The molecule has 3 rings (SSSR count). The SMILES string of the molecule is COc1cncc([C@@H](NC(=O)c2cccnc2C)C2CC(O)C2)c1. The average molecular weight is 327 g/mol. The van der Waals surface area contributed by atoms with Crippen LogP contribution in [0.5, 0.6) is 5.75 Å². The summed E-state index contributed by atoms with van der Waals surface area (Å²) in [6, 6.07) is 5.16. The van der Waals surface area contributed by atoms with E-state index in [-0.39, 0.29) is 24.0 Å². The molecule has 2 N–H and O–H groups in total. The van der Waals surface area contributed by atoms with Crippen LogP contribution in [-0.4, -0.2) is 34.2 Å². The van der Waals surface area contributed by atoms with Crippen molar-refractivity contribution in [2.45, 2.75) is 31.9 Å². The quantitative estimate of drug-likeness (QED) is 0.878. The molecule has 0 spiro atoms. The van der Waals surface area contributed by atoms with Crippen molar-refractivity contribution in [1.29, 1.82) is 0 Å². The van der Waals surface area contributed by atoms with Crippen LogP contribution >= 0.6 is 0 Å². The van der Waals surface area contributed by atoms with Crippen LogP contribution in [0, 0.1) is 12.8 Å². The summed E-state index contributed by atoms with van der Waals surface area (Å²) in [6.07, 6.45) is 6.05. The van der Waals surface area contributed by atoms with E-state index in [1.54, 1.807) is 37.8 Å². The van der Waals surface area contributed by atoms with Crippen molar-refractivity contribution in [3.05, 3.63) is 53.6 Å². The number of pyridine rings is 2. The number of carbonyl (C=O) groups excluding carboxylic acids is 1. The molecule has 0 unspecified atom stereocenters. The third kappa shape index (κ3) is 3.38. The number of ether oxygens (including phenoxy) is 1. The van der Waals surface area contributed by atoms with Crippen LogP contribution in [0.4, 0.5) is 0 Å². The van der Waals surface area contributed by atoms with Crippen LogP contribution in [-0.2, 0) is 0 Å². The molecule has 0 saturated heterocycles. The number of aryl methyl sites for hydroxylation is 1. The number of nitrogens with zero attached hydrogens (tertiary/aromatic N) is 2. The van der Waals surface area contributed by atoms with E-state index < -0.39 is 0 Å². The van der Waals surface area contributed by atoms with Gasteiger partial charge in [0.1, 0.15) is 5.75 Å². The van der Waals surface area contributed by atoms with Gasteiger partial charge in [0.2, 0.25) is 0 Å². The Morgan fingerprint density at radius 3 is 2.88 bits per heavy atom. The van der Waals surface area contributed by atoms with Gasteiger partial charge in [-0.2, -0.15) is 0 Å². The number of aliphatic hydroxyl groups excluding tert-OH is 1. The highest BCUT2D eigenvalue weighted by atomic mass is 16.5. The summed E-state index contributed by atoms with van der Waals surface area (Å²) in [5, 5.41) is 12.7. The molecule has 2 heterocycles. The highest BCUT2D eigenvalue weighted by Crippen LogP contribution is 2.38. The smallest absolute Gasteiger partial charge is 0.253 e. The molecule has 0 aliphatic heterocycles. The van der Waals surface area contributed by atoms with E-state index in [9.17, 15) is 9.90 Å². The fraction of sp³-hybridized carbons (Fsp3) is 0.389. The van der Waals surface area contributed by atoms with Gasteiger partial charge >= 0.3 is 0 Å². The molecule has 126 valence electrons. The topological polar surface area (TPSA) is 84.3 Å². The molecule has 1 aliphatic rings. The molecule has 24 heavy (non-hydrogen) atoms. The predicted octanol–water partition coefficient (Wildman–Crippen LogP) is 2.04. The normalized spacial score (nSPS) is 20.8. The number of hydrogen-bond donors (Lipinski definition) is 2. The van der Waals surface area contributed by atoms with Gasteiger partial charge in [0, 0.05) is 18.1 Å². The van der Waals surface area contributed by atoms with E-state index >= 15 is 0 Å².